The molecule has 23 heavy (non-hydrogen) atoms. The van der Waals surface area contributed by atoms with Gasteiger partial charge in [0.1, 0.15) is 5.69 Å². The number of amides is 1. The number of carbonyl (C=O) groups excluding carboxylic acids is 1. The Morgan fingerprint density at radius 3 is 2.87 bits per heavy atom. The third-order valence-electron chi connectivity index (χ3n) is 4.20. The lowest BCUT2D eigenvalue weighted by atomic mass is 10.1. The number of sulfone groups is 1. The fourth-order valence-corrected chi connectivity index (χ4v) is 4.81. The van der Waals surface area contributed by atoms with Gasteiger partial charge in [-0.3, -0.25) is 4.79 Å². The summed E-state index contributed by atoms with van der Waals surface area (Å²) in [5, 5.41) is 4.82. The van der Waals surface area contributed by atoms with Gasteiger partial charge < -0.3 is 9.42 Å². The number of aromatic nitrogens is 1. The van der Waals surface area contributed by atoms with Crippen LogP contribution in [-0.2, 0) is 21.1 Å². The minimum Gasteiger partial charge on any atom is -0.356 e. The van der Waals surface area contributed by atoms with E-state index in [1.165, 1.54) is 0 Å². The molecular weight excluding hydrogens is 316 g/mol. The Morgan fingerprint density at radius 1 is 1.39 bits per heavy atom. The Kier molecular flexibility index (Phi) is 4.39. The number of para-hydroxylation sites is 1. The van der Waals surface area contributed by atoms with Crippen LogP contribution in [0.1, 0.15) is 25.5 Å². The van der Waals surface area contributed by atoms with Crippen LogP contribution in [0.2, 0.25) is 0 Å². The molecule has 2 aromatic rings. The highest BCUT2D eigenvalue weighted by Gasteiger charge is 2.34. The molecule has 6 nitrogen and oxygen atoms in total. The molecule has 1 aliphatic heterocycles. The molecule has 0 saturated carbocycles. The minimum absolute atomic E-state index is 0.0678. The minimum atomic E-state index is -3.02. The van der Waals surface area contributed by atoms with Gasteiger partial charge in [0.25, 0.3) is 0 Å². The average molecular weight is 336 g/mol. The summed E-state index contributed by atoms with van der Waals surface area (Å²) < 4.78 is 28.6. The van der Waals surface area contributed by atoms with E-state index in [4.69, 9.17) is 4.52 Å². The Balaban J connectivity index is 1.79. The summed E-state index contributed by atoms with van der Waals surface area (Å²) >= 11 is 0. The molecule has 1 aromatic carbocycles. The van der Waals surface area contributed by atoms with Crippen LogP contribution in [0.25, 0.3) is 11.0 Å². The molecule has 1 aromatic heterocycles. The number of hydrogen-bond donors (Lipinski definition) is 0. The van der Waals surface area contributed by atoms with Crippen molar-refractivity contribution < 1.29 is 17.7 Å². The summed E-state index contributed by atoms with van der Waals surface area (Å²) in [6.07, 6.45) is 1.45. The summed E-state index contributed by atoms with van der Waals surface area (Å²) in [5.41, 5.74) is 1.26. The standard InChI is InChI=1S/C16H20N2O4S/c1-2-8-18(12-7-9-23(20,21)11-12)16(19)10-14-13-5-3-4-6-15(13)22-17-14/h3-6,12H,2,7-11H2,1H3/t12-/m1/s1. The first-order valence-corrected chi connectivity index (χ1v) is 9.65. The van der Waals surface area contributed by atoms with Gasteiger partial charge in [0.15, 0.2) is 15.4 Å². The highest BCUT2D eigenvalue weighted by molar-refractivity contribution is 7.91. The molecule has 1 atom stereocenters. The second kappa shape index (κ2) is 6.31. The van der Waals surface area contributed by atoms with Crippen LogP contribution < -0.4 is 0 Å². The molecule has 1 aliphatic rings. The molecular formula is C16H20N2O4S. The average Bonchev–Trinajstić information content (AvgIpc) is 3.08. The second-order valence-corrected chi connectivity index (χ2v) is 8.17. The molecule has 0 radical (unpaired) electrons. The lowest BCUT2D eigenvalue weighted by molar-refractivity contribution is -0.132. The van der Waals surface area contributed by atoms with Gasteiger partial charge in [0.05, 0.1) is 17.9 Å². The highest BCUT2D eigenvalue weighted by atomic mass is 32.2. The van der Waals surface area contributed by atoms with Crippen molar-refractivity contribution >= 4 is 26.7 Å². The topological polar surface area (TPSA) is 80.5 Å². The van der Waals surface area contributed by atoms with Crippen LogP contribution in [0.5, 0.6) is 0 Å². The quantitative estimate of drug-likeness (QED) is 0.831. The first-order valence-electron chi connectivity index (χ1n) is 7.83. The molecule has 1 saturated heterocycles. The van der Waals surface area contributed by atoms with Crippen LogP contribution in [0.15, 0.2) is 28.8 Å². The zero-order chi connectivity index (χ0) is 16.4. The SMILES string of the molecule is CCCN(C(=O)Cc1noc2ccccc12)[C@@H]1CCS(=O)(=O)C1. The van der Waals surface area contributed by atoms with E-state index in [1.807, 2.05) is 31.2 Å². The molecule has 2 heterocycles. The van der Waals surface area contributed by atoms with Crippen molar-refractivity contribution in [3.05, 3.63) is 30.0 Å². The second-order valence-electron chi connectivity index (χ2n) is 5.95. The monoisotopic (exact) mass is 336 g/mol. The maximum atomic E-state index is 12.7. The van der Waals surface area contributed by atoms with Crippen LogP contribution in [-0.4, -0.2) is 48.5 Å². The van der Waals surface area contributed by atoms with Crippen LogP contribution in [0.3, 0.4) is 0 Å². The lowest BCUT2D eigenvalue weighted by Crippen LogP contribution is -2.42. The molecule has 1 fully saturated rings. The number of benzene rings is 1. The van der Waals surface area contributed by atoms with Crippen LogP contribution in [0, 0.1) is 0 Å². The molecule has 0 bridgehead atoms. The Morgan fingerprint density at radius 2 is 2.17 bits per heavy atom. The van der Waals surface area contributed by atoms with Crippen LogP contribution in [0.4, 0.5) is 0 Å². The number of hydrogen-bond acceptors (Lipinski definition) is 5. The lowest BCUT2D eigenvalue weighted by Gasteiger charge is -2.27. The molecule has 0 spiro atoms. The third-order valence-corrected chi connectivity index (χ3v) is 5.96. The van der Waals surface area contributed by atoms with Gasteiger partial charge in [-0.1, -0.05) is 24.2 Å². The maximum Gasteiger partial charge on any atom is 0.229 e. The third kappa shape index (κ3) is 3.39. The van der Waals surface area contributed by atoms with E-state index >= 15 is 0 Å². The van der Waals surface area contributed by atoms with Gasteiger partial charge in [-0.05, 0) is 25.0 Å². The summed E-state index contributed by atoms with van der Waals surface area (Å²) in [4.78, 5) is 14.4. The van der Waals surface area contributed by atoms with E-state index in [0.29, 0.717) is 24.2 Å². The molecule has 0 N–H and O–H groups in total. The highest BCUT2D eigenvalue weighted by Crippen LogP contribution is 2.22. The van der Waals surface area contributed by atoms with E-state index < -0.39 is 9.84 Å². The van der Waals surface area contributed by atoms with Gasteiger partial charge in [-0.15, -0.1) is 0 Å². The van der Waals surface area contributed by atoms with Crippen LogP contribution >= 0.6 is 0 Å². The zero-order valence-electron chi connectivity index (χ0n) is 13.1. The summed E-state index contributed by atoms with van der Waals surface area (Å²) in [6.45, 7) is 2.55. The van der Waals surface area contributed by atoms with Gasteiger partial charge in [-0.2, -0.15) is 0 Å². The number of fused-ring (bicyclic) bond motifs is 1. The van der Waals surface area contributed by atoms with Crippen molar-refractivity contribution in [3.8, 4) is 0 Å². The molecule has 7 heteroatoms. The molecule has 1 amide bonds. The van der Waals surface area contributed by atoms with E-state index in [9.17, 15) is 13.2 Å². The van der Waals surface area contributed by atoms with E-state index in [1.54, 1.807) is 4.90 Å². The van der Waals surface area contributed by atoms with Crippen molar-refractivity contribution in [1.82, 2.24) is 10.1 Å². The van der Waals surface area contributed by atoms with E-state index in [-0.39, 0.29) is 29.9 Å². The van der Waals surface area contributed by atoms with E-state index in [2.05, 4.69) is 5.16 Å². The molecule has 0 unspecified atom stereocenters. The van der Waals surface area contributed by atoms with E-state index in [0.717, 1.165) is 11.8 Å². The van der Waals surface area contributed by atoms with Gasteiger partial charge in [0.2, 0.25) is 5.91 Å². The Bertz CT molecular complexity index is 812. The number of nitrogens with zero attached hydrogens (tertiary/aromatic N) is 2. The Hall–Kier alpha value is -1.89. The summed E-state index contributed by atoms with van der Waals surface area (Å²) in [5.74, 6) is 0.143. The molecule has 0 aliphatic carbocycles. The van der Waals surface area contributed by atoms with Crippen molar-refractivity contribution in [2.45, 2.75) is 32.2 Å². The largest absolute Gasteiger partial charge is 0.356 e. The van der Waals surface area contributed by atoms with Gasteiger partial charge in [-0.25, -0.2) is 8.42 Å². The smallest absolute Gasteiger partial charge is 0.229 e. The predicted octanol–water partition coefficient (Wildman–Crippen LogP) is 1.80. The number of rotatable bonds is 5. The first kappa shape index (κ1) is 16.0. The number of carbonyl (C=O) groups is 1. The normalized spacial score (nSPS) is 20.0. The first-order chi connectivity index (χ1) is 11.0. The van der Waals surface area contributed by atoms with Gasteiger partial charge in [0, 0.05) is 18.0 Å². The predicted molar refractivity (Wildman–Crippen MR) is 86.8 cm³/mol. The fourth-order valence-electron chi connectivity index (χ4n) is 3.08. The maximum absolute atomic E-state index is 12.7. The summed E-state index contributed by atoms with van der Waals surface area (Å²) in [7, 11) is -3.02. The van der Waals surface area contributed by atoms with Crippen molar-refractivity contribution in [1.29, 1.82) is 0 Å². The fraction of sp³-hybridized carbons (Fsp3) is 0.500. The Labute approximate surface area is 135 Å². The molecule has 124 valence electrons. The summed E-state index contributed by atoms with van der Waals surface area (Å²) in [6, 6.07) is 7.19. The van der Waals surface area contributed by atoms with Crippen molar-refractivity contribution in [2.75, 3.05) is 18.1 Å². The van der Waals surface area contributed by atoms with Crippen molar-refractivity contribution in [3.63, 3.8) is 0 Å². The zero-order valence-corrected chi connectivity index (χ0v) is 13.9. The van der Waals surface area contributed by atoms with Crippen molar-refractivity contribution in [2.24, 2.45) is 0 Å². The van der Waals surface area contributed by atoms with Gasteiger partial charge >= 0.3 is 0 Å². The molecule has 3 rings (SSSR count).